The number of benzene rings is 1. The van der Waals surface area contributed by atoms with E-state index >= 15 is 0 Å². The Balaban J connectivity index is 2.96. The molecule has 0 saturated carbocycles. The second kappa shape index (κ2) is 4.99. The van der Waals surface area contributed by atoms with E-state index in [9.17, 15) is 0 Å². The van der Waals surface area contributed by atoms with E-state index in [-0.39, 0.29) is 0 Å². The summed E-state index contributed by atoms with van der Waals surface area (Å²) < 4.78 is 0. The molecule has 1 aromatic carbocycles. The molecule has 0 aliphatic carbocycles. The molecule has 0 amide bonds. The van der Waals surface area contributed by atoms with Crippen LogP contribution in [0, 0.1) is 26.8 Å². The fourth-order valence-electron chi connectivity index (χ4n) is 1.52. The molecule has 0 unspecified atom stereocenters. The van der Waals surface area contributed by atoms with Gasteiger partial charge >= 0.3 is 0 Å². The Hall–Kier alpha value is -1.04. The summed E-state index contributed by atoms with van der Waals surface area (Å²) in [6, 6.07) is 4.43. The van der Waals surface area contributed by atoms with E-state index in [0.717, 1.165) is 6.42 Å². The molecular formula is C14H19. The van der Waals surface area contributed by atoms with Crippen LogP contribution in [0.3, 0.4) is 0 Å². The predicted octanol–water partition coefficient (Wildman–Crippen LogP) is 4.12. The minimum atomic E-state index is 1.12. The molecule has 0 nitrogen and oxygen atoms in total. The first-order valence-electron chi connectivity index (χ1n) is 5.31. The molecule has 1 rings (SSSR count). The summed E-state index contributed by atoms with van der Waals surface area (Å²) in [5.74, 6) is 0. The third kappa shape index (κ3) is 2.73. The van der Waals surface area contributed by atoms with Crippen molar-refractivity contribution in [3.8, 4) is 0 Å². The molecule has 0 atom stereocenters. The Labute approximate surface area is 87.7 Å². The summed E-state index contributed by atoms with van der Waals surface area (Å²) in [4.78, 5) is 0. The maximum absolute atomic E-state index is 3.37. The molecule has 0 aromatic heterocycles. The number of allylic oxidation sites excluding steroid dienone is 1. The zero-order valence-electron chi connectivity index (χ0n) is 9.65. The summed E-state index contributed by atoms with van der Waals surface area (Å²) in [7, 11) is 0. The Morgan fingerprint density at radius 2 is 1.93 bits per heavy atom. The molecule has 75 valence electrons. The fourth-order valence-corrected chi connectivity index (χ4v) is 1.52. The average molecular weight is 187 g/mol. The largest absolute Gasteiger partial charge is 0.0760 e. The van der Waals surface area contributed by atoms with Gasteiger partial charge in [-0.3, -0.25) is 0 Å². The van der Waals surface area contributed by atoms with Gasteiger partial charge in [-0.15, -0.1) is 0 Å². The summed E-state index contributed by atoms with van der Waals surface area (Å²) in [5, 5.41) is 0. The lowest BCUT2D eigenvalue weighted by Crippen LogP contribution is -1.89. The van der Waals surface area contributed by atoms with Crippen LogP contribution in [0.4, 0.5) is 0 Å². The number of rotatable bonds is 3. The lowest BCUT2D eigenvalue weighted by Gasteiger charge is -2.06. The highest BCUT2D eigenvalue weighted by Crippen LogP contribution is 2.16. The van der Waals surface area contributed by atoms with Gasteiger partial charge in [-0.1, -0.05) is 37.1 Å². The van der Waals surface area contributed by atoms with Gasteiger partial charge in [0.2, 0.25) is 0 Å². The van der Waals surface area contributed by atoms with E-state index in [2.05, 4.69) is 52.0 Å². The van der Waals surface area contributed by atoms with Crippen LogP contribution >= 0.6 is 0 Å². The van der Waals surface area contributed by atoms with Gasteiger partial charge in [0.15, 0.2) is 0 Å². The van der Waals surface area contributed by atoms with Crippen LogP contribution < -0.4 is 0 Å². The standard InChI is InChI=1S/C14H19/c1-5-6-7-8-14-10-11(2)9-12(3)13(14)4/h7,9-10H,5-6H2,1-4H3. The van der Waals surface area contributed by atoms with Gasteiger partial charge in [0, 0.05) is 0 Å². The van der Waals surface area contributed by atoms with Crippen molar-refractivity contribution in [1.82, 2.24) is 0 Å². The molecule has 0 spiro atoms. The second-order valence-electron chi connectivity index (χ2n) is 3.89. The van der Waals surface area contributed by atoms with Gasteiger partial charge in [0.1, 0.15) is 0 Å². The highest BCUT2D eigenvalue weighted by atomic mass is 14.0. The molecule has 0 heterocycles. The fraction of sp³-hybridized carbons (Fsp3) is 0.429. The molecule has 0 aliphatic heterocycles. The lowest BCUT2D eigenvalue weighted by atomic mass is 9.99. The van der Waals surface area contributed by atoms with Crippen LogP contribution in [0.5, 0.6) is 0 Å². The third-order valence-corrected chi connectivity index (χ3v) is 2.50. The smallest absolute Gasteiger partial charge is 0.0146 e. The molecule has 14 heavy (non-hydrogen) atoms. The zero-order valence-corrected chi connectivity index (χ0v) is 9.65. The van der Waals surface area contributed by atoms with Crippen LogP contribution in [0.1, 0.15) is 42.0 Å². The molecule has 0 bridgehead atoms. The van der Waals surface area contributed by atoms with Gasteiger partial charge in [-0.25, -0.2) is 0 Å². The Bertz CT molecular complexity index is 332. The van der Waals surface area contributed by atoms with Crippen molar-refractivity contribution in [1.29, 1.82) is 0 Å². The van der Waals surface area contributed by atoms with Crippen molar-refractivity contribution in [3.05, 3.63) is 46.5 Å². The molecule has 1 aromatic rings. The van der Waals surface area contributed by atoms with E-state index < -0.39 is 0 Å². The first-order chi connectivity index (χ1) is 6.65. The second-order valence-corrected chi connectivity index (χ2v) is 3.89. The molecule has 0 aliphatic rings. The highest BCUT2D eigenvalue weighted by molar-refractivity contribution is 5.40. The van der Waals surface area contributed by atoms with E-state index in [4.69, 9.17) is 0 Å². The van der Waals surface area contributed by atoms with Gasteiger partial charge in [0.05, 0.1) is 0 Å². The number of aryl methyl sites for hydroxylation is 2. The maximum atomic E-state index is 3.37. The van der Waals surface area contributed by atoms with Crippen molar-refractivity contribution >= 4 is 0 Å². The van der Waals surface area contributed by atoms with Crippen LogP contribution in [-0.2, 0) is 0 Å². The van der Waals surface area contributed by atoms with E-state index in [0.29, 0.717) is 0 Å². The molecule has 0 saturated heterocycles. The molecule has 1 radical (unpaired) electrons. The zero-order chi connectivity index (χ0) is 10.6. The first-order valence-corrected chi connectivity index (χ1v) is 5.31. The van der Waals surface area contributed by atoms with Gasteiger partial charge < -0.3 is 0 Å². The Morgan fingerprint density at radius 3 is 2.57 bits per heavy atom. The third-order valence-electron chi connectivity index (χ3n) is 2.50. The summed E-state index contributed by atoms with van der Waals surface area (Å²) in [6.45, 7) is 8.65. The first kappa shape index (κ1) is 11.0. The topological polar surface area (TPSA) is 0 Å². The summed E-state index contributed by atoms with van der Waals surface area (Å²) in [6.07, 6.45) is 7.82. The van der Waals surface area contributed by atoms with E-state index in [1.165, 1.54) is 28.7 Å². The van der Waals surface area contributed by atoms with Crippen molar-refractivity contribution in [2.45, 2.75) is 40.5 Å². The van der Waals surface area contributed by atoms with E-state index in [1.807, 2.05) is 0 Å². The van der Waals surface area contributed by atoms with Crippen LogP contribution in [-0.4, -0.2) is 0 Å². The monoisotopic (exact) mass is 187 g/mol. The molecular weight excluding hydrogens is 168 g/mol. The molecule has 0 heteroatoms. The van der Waals surface area contributed by atoms with Crippen molar-refractivity contribution in [3.63, 3.8) is 0 Å². The van der Waals surface area contributed by atoms with Gasteiger partial charge in [-0.2, -0.15) is 0 Å². The average Bonchev–Trinajstić information content (AvgIpc) is 2.13. The van der Waals surface area contributed by atoms with Crippen LogP contribution in [0.2, 0.25) is 0 Å². The number of hydrogen-bond acceptors (Lipinski definition) is 0. The minimum Gasteiger partial charge on any atom is -0.0760 e. The van der Waals surface area contributed by atoms with Crippen LogP contribution in [0.25, 0.3) is 0 Å². The molecule has 0 fully saturated rings. The van der Waals surface area contributed by atoms with Crippen LogP contribution in [0.15, 0.2) is 18.2 Å². The molecule has 0 N–H and O–H groups in total. The summed E-state index contributed by atoms with van der Waals surface area (Å²) in [5.41, 5.74) is 5.27. The van der Waals surface area contributed by atoms with E-state index in [1.54, 1.807) is 0 Å². The number of hydrogen-bond donors (Lipinski definition) is 0. The number of unbranched alkanes of at least 4 members (excludes halogenated alkanes) is 1. The normalized spacial score (nSPS) is 11.1. The van der Waals surface area contributed by atoms with Crippen molar-refractivity contribution < 1.29 is 0 Å². The van der Waals surface area contributed by atoms with Crippen molar-refractivity contribution in [2.75, 3.05) is 0 Å². The summed E-state index contributed by atoms with van der Waals surface area (Å²) >= 11 is 0. The minimum absolute atomic E-state index is 1.12. The highest BCUT2D eigenvalue weighted by Gasteiger charge is 1.99. The Kier molecular flexibility index (Phi) is 3.94. The van der Waals surface area contributed by atoms with Gasteiger partial charge in [0.25, 0.3) is 0 Å². The maximum Gasteiger partial charge on any atom is -0.0146 e. The lowest BCUT2D eigenvalue weighted by molar-refractivity contribution is 0.955. The SMILES string of the molecule is CCC/C=[C]\c1cc(C)cc(C)c1C. The van der Waals surface area contributed by atoms with Gasteiger partial charge in [-0.05, 0) is 50.0 Å². The Morgan fingerprint density at radius 1 is 1.21 bits per heavy atom. The quantitative estimate of drug-likeness (QED) is 0.667. The predicted molar refractivity (Wildman–Crippen MR) is 62.5 cm³/mol. The van der Waals surface area contributed by atoms with Crippen molar-refractivity contribution in [2.24, 2.45) is 0 Å².